The van der Waals surface area contributed by atoms with Gasteiger partial charge >= 0.3 is 0 Å². The maximum atomic E-state index is 6.34. The van der Waals surface area contributed by atoms with Gasteiger partial charge in [0, 0.05) is 17.0 Å². The van der Waals surface area contributed by atoms with E-state index in [2.05, 4.69) is 39.1 Å². The summed E-state index contributed by atoms with van der Waals surface area (Å²) >= 11 is 8.24. The van der Waals surface area contributed by atoms with Crippen molar-refractivity contribution in [1.29, 1.82) is 0 Å². The smallest absolute Gasteiger partial charge is 0.0545 e. The summed E-state index contributed by atoms with van der Waals surface area (Å²) in [4.78, 5) is 1.25. The van der Waals surface area contributed by atoms with Crippen molar-refractivity contribution in [3.63, 3.8) is 0 Å². The molecule has 1 aromatic rings. The molecule has 0 unspecified atom stereocenters. The molecule has 0 aliphatic rings. The summed E-state index contributed by atoms with van der Waals surface area (Å²) in [5.41, 5.74) is 1.44. The Kier molecular flexibility index (Phi) is 7.27. The average molecular weight is 300 g/mol. The average Bonchev–Trinajstić information content (AvgIpc) is 2.33. The van der Waals surface area contributed by atoms with Gasteiger partial charge in [-0.1, -0.05) is 43.5 Å². The SMILES string of the molecule is CCCCCSc1c(Cl)cccc1CNC(C)(C)C. The van der Waals surface area contributed by atoms with Crippen molar-refractivity contribution in [2.24, 2.45) is 0 Å². The lowest BCUT2D eigenvalue weighted by Crippen LogP contribution is -2.35. The molecule has 0 saturated carbocycles. The summed E-state index contributed by atoms with van der Waals surface area (Å²) in [7, 11) is 0. The Balaban J connectivity index is 2.66. The van der Waals surface area contributed by atoms with E-state index in [0.717, 1.165) is 17.3 Å². The Morgan fingerprint density at radius 1 is 1.21 bits per heavy atom. The Hall–Kier alpha value is -0.180. The third kappa shape index (κ3) is 6.69. The lowest BCUT2D eigenvalue weighted by atomic mass is 10.1. The molecule has 108 valence electrons. The Morgan fingerprint density at radius 3 is 2.58 bits per heavy atom. The molecule has 0 aliphatic heterocycles. The van der Waals surface area contributed by atoms with Gasteiger partial charge in [-0.05, 0) is 44.6 Å². The third-order valence-electron chi connectivity index (χ3n) is 2.85. The van der Waals surface area contributed by atoms with Crippen molar-refractivity contribution in [3.05, 3.63) is 28.8 Å². The molecular formula is C16H26ClNS. The van der Waals surface area contributed by atoms with Crippen molar-refractivity contribution in [2.75, 3.05) is 5.75 Å². The first-order valence-corrected chi connectivity index (χ1v) is 8.45. The van der Waals surface area contributed by atoms with Gasteiger partial charge in [-0.25, -0.2) is 0 Å². The lowest BCUT2D eigenvalue weighted by Gasteiger charge is -2.22. The van der Waals surface area contributed by atoms with E-state index in [1.807, 2.05) is 23.9 Å². The minimum Gasteiger partial charge on any atom is -0.308 e. The fourth-order valence-electron chi connectivity index (χ4n) is 1.74. The van der Waals surface area contributed by atoms with E-state index in [1.165, 1.54) is 29.7 Å². The van der Waals surface area contributed by atoms with E-state index in [0.29, 0.717) is 0 Å². The standard InChI is InChI=1S/C16H26ClNS/c1-5-6-7-11-19-15-13(9-8-10-14(15)17)12-18-16(2,3)4/h8-10,18H,5-7,11-12H2,1-4H3. The number of thioether (sulfide) groups is 1. The number of hydrogen-bond donors (Lipinski definition) is 1. The molecule has 0 fully saturated rings. The summed E-state index contributed by atoms with van der Waals surface area (Å²) in [6, 6.07) is 6.20. The fourth-order valence-corrected chi connectivity index (χ4v) is 3.18. The van der Waals surface area contributed by atoms with Crippen molar-refractivity contribution < 1.29 is 0 Å². The van der Waals surface area contributed by atoms with Gasteiger partial charge in [0.05, 0.1) is 5.02 Å². The zero-order valence-electron chi connectivity index (χ0n) is 12.6. The molecular weight excluding hydrogens is 274 g/mol. The first-order valence-electron chi connectivity index (χ1n) is 7.09. The van der Waals surface area contributed by atoms with Crippen LogP contribution in [0.15, 0.2) is 23.1 Å². The van der Waals surface area contributed by atoms with Crippen LogP contribution < -0.4 is 5.32 Å². The largest absolute Gasteiger partial charge is 0.308 e. The molecule has 19 heavy (non-hydrogen) atoms. The third-order valence-corrected chi connectivity index (χ3v) is 4.54. The molecule has 0 bridgehead atoms. The maximum Gasteiger partial charge on any atom is 0.0545 e. The highest BCUT2D eigenvalue weighted by atomic mass is 35.5. The first-order chi connectivity index (χ1) is 8.94. The zero-order chi connectivity index (χ0) is 14.3. The number of hydrogen-bond acceptors (Lipinski definition) is 2. The molecule has 1 rings (SSSR count). The van der Waals surface area contributed by atoms with Crippen LogP contribution in [0.2, 0.25) is 5.02 Å². The van der Waals surface area contributed by atoms with Crippen LogP contribution in [-0.4, -0.2) is 11.3 Å². The number of rotatable bonds is 7. The van der Waals surface area contributed by atoms with Crippen LogP contribution in [0.3, 0.4) is 0 Å². The van der Waals surface area contributed by atoms with Gasteiger partial charge in [0.15, 0.2) is 0 Å². The summed E-state index contributed by atoms with van der Waals surface area (Å²) in [5, 5.41) is 4.42. The molecule has 3 heteroatoms. The molecule has 0 atom stereocenters. The van der Waals surface area contributed by atoms with Crippen LogP contribution in [-0.2, 0) is 6.54 Å². The highest BCUT2D eigenvalue weighted by molar-refractivity contribution is 7.99. The minimum atomic E-state index is 0.131. The lowest BCUT2D eigenvalue weighted by molar-refractivity contribution is 0.422. The van der Waals surface area contributed by atoms with E-state index in [9.17, 15) is 0 Å². The highest BCUT2D eigenvalue weighted by Crippen LogP contribution is 2.31. The summed E-state index contributed by atoms with van der Waals surface area (Å²) in [5.74, 6) is 1.15. The van der Waals surface area contributed by atoms with Crippen molar-refractivity contribution in [3.8, 4) is 0 Å². The van der Waals surface area contributed by atoms with Crippen LogP contribution in [0.4, 0.5) is 0 Å². The Bertz CT molecular complexity index is 385. The molecule has 1 N–H and O–H groups in total. The van der Waals surface area contributed by atoms with Gasteiger partial charge in [-0.2, -0.15) is 0 Å². The maximum absolute atomic E-state index is 6.34. The fraction of sp³-hybridized carbons (Fsp3) is 0.625. The normalized spacial score (nSPS) is 11.8. The van der Waals surface area contributed by atoms with E-state index in [4.69, 9.17) is 11.6 Å². The molecule has 0 aromatic heterocycles. The second-order valence-corrected chi connectivity index (χ2v) is 7.40. The molecule has 0 heterocycles. The number of nitrogens with one attached hydrogen (secondary N) is 1. The predicted octanol–water partition coefficient (Wildman–Crippen LogP) is 5.51. The first kappa shape index (κ1) is 16.9. The topological polar surface area (TPSA) is 12.0 Å². The van der Waals surface area contributed by atoms with Crippen molar-refractivity contribution >= 4 is 23.4 Å². The molecule has 1 aromatic carbocycles. The minimum absolute atomic E-state index is 0.131. The van der Waals surface area contributed by atoms with Gasteiger partial charge in [-0.15, -0.1) is 11.8 Å². The molecule has 0 aliphatic carbocycles. The Labute approximate surface area is 127 Å². The number of benzene rings is 1. The second-order valence-electron chi connectivity index (χ2n) is 5.89. The zero-order valence-corrected chi connectivity index (χ0v) is 14.1. The van der Waals surface area contributed by atoms with Crippen LogP contribution >= 0.6 is 23.4 Å². The molecule has 0 spiro atoms. The van der Waals surface area contributed by atoms with Gasteiger partial charge in [0.2, 0.25) is 0 Å². The Morgan fingerprint density at radius 2 is 1.95 bits per heavy atom. The summed E-state index contributed by atoms with van der Waals surface area (Å²) < 4.78 is 0. The van der Waals surface area contributed by atoms with Crippen molar-refractivity contribution in [1.82, 2.24) is 5.32 Å². The van der Waals surface area contributed by atoms with Gasteiger partial charge in [0.25, 0.3) is 0 Å². The van der Waals surface area contributed by atoms with Crippen molar-refractivity contribution in [2.45, 2.75) is 63.9 Å². The van der Waals surface area contributed by atoms with E-state index in [1.54, 1.807) is 0 Å². The monoisotopic (exact) mass is 299 g/mol. The summed E-state index contributed by atoms with van der Waals surface area (Å²) in [6.07, 6.45) is 3.83. The second kappa shape index (κ2) is 8.18. The van der Waals surface area contributed by atoms with E-state index >= 15 is 0 Å². The van der Waals surface area contributed by atoms with Gasteiger partial charge in [-0.3, -0.25) is 0 Å². The van der Waals surface area contributed by atoms with Crippen LogP contribution in [0, 0.1) is 0 Å². The predicted molar refractivity (Wildman–Crippen MR) is 88.3 cm³/mol. The highest BCUT2D eigenvalue weighted by Gasteiger charge is 2.12. The van der Waals surface area contributed by atoms with Gasteiger partial charge < -0.3 is 5.32 Å². The number of unbranched alkanes of at least 4 members (excludes halogenated alkanes) is 2. The van der Waals surface area contributed by atoms with E-state index in [-0.39, 0.29) is 5.54 Å². The molecule has 0 amide bonds. The van der Waals surface area contributed by atoms with Crippen LogP contribution in [0.1, 0.15) is 52.5 Å². The quantitative estimate of drug-likeness (QED) is 0.526. The number of halogens is 1. The van der Waals surface area contributed by atoms with Crippen LogP contribution in [0.5, 0.6) is 0 Å². The van der Waals surface area contributed by atoms with Gasteiger partial charge in [0.1, 0.15) is 0 Å². The summed E-state index contributed by atoms with van der Waals surface area (Å²) in [6.45, 7) is 9.67. The molecule has 1 nitrogen and oxygen atoms in total. The van der Waals surface area contributed by atoms with E-state index < -0.39 is 0 Å². The molecule has 0 saturated heterocycles. The van der Waals surface area contributed by atoms with Crippen LogP contribution in [0.25, 0.3) is 0 Å². The molecule has 0 radical (unpaired) electrons.